The van der Waals surface area contributed by atoms with Crippen molar-refractivity contribution in [1.82, 2.24) is 9.78 Å². The Balaban J connectivity index is 2.16. The summed E-state index contributed by atoms with van der Waals surface area (Å²) in [5.74, 6) is 0.532. The van der Waals surface area contributed by atoms with Gasteiger partial charge in [-0.15, -0.1) is 0 Å². The van der Waals surface area contributed by atoms with E-state index in [9.17, 15) is 8.42 Å². The standard InChI is InChI=1S/C10H17N3O2S/c1-7-10(8(2)13(3)12-7)11-9-4-5-16(14,15)6-9/h9,11H,4-6H2,1-3H3. The largest absolute Gasteiger partial charge is 0.378 e. The zero-order valence-corrected chi connectivity index (χ0v) is 10.6. The Morgan fingerprint density at radius 2 is 2.12 bits per heavy atom. The molecule has 1 atom stereocenters. The van der Waals surface area contributed by atoms with Crippen molar-refractivity contribution < 1.29 is 8.42 Å². The van der Waals surface area contributed by atoms with Crippen molar-refractivity contribution in [3.05, 3.63) is 11.4 Å². The second-order valence-corrected chi connectivity index (χ2v) is 6.64. The third kappa shape index (κ3) is 2.07. The van der Waals surface area contributed by atoms with Crippen LogP contribution in [-0.2, 0) is 16.9 Å². The number of nitrogens with zero attached hydrogens (tertiary/aromatic N) is 2. The molecule has 2 rings (SSSR count). The molecule has 0 amide bonds. The topological polar surface area (TPSA) is 64.0 Å². The Hall–Kier alpha value is -1.04. The van der Waals surface area contributed by atoms with Gasteiger partial charge >= 0.3 is 0 Å². The third-order valence-corrected chi connectivity index (χ3v) is 4.86. The molecule has 5 nitrogen and oxygen atoms in total. The van der Waals surface area contributed by atoms with Crippen molar-refractivity contribution in [3.8, 4) is 0 Å². The highest BCUT2D eigenvalue weighted by atomic mass is 32.2. The highest BCUT2D eigenvalue weighted by Gasteiger charge is 2.28. The van der Waals surface area contributed by atoms with Crippen molar-refractivity contribution in [2.75, 3.05) is 16.8 Å². The molecule has 1 N–H and O–H groups in total. The lowest BCUT2D eigenvalue weighted by atomic mass is 10.2. The van der Waals surface area contributed by atoms with E-state index >= 15 is 0 Å². The molecule has 1 unspecified atom stereocenters. The highest BCUT2D eigenvalue weighted by Crippen LogP contribution is 2.23. The zero-order valence-electron chi connectivity index (χ0n) is 9.82. The van der Waals surface area contributed by atoms with Crippen LogP contribution < -0.4 is 5.32 Å². The Bertz CT molecular complexity index is 504. The Morgan fingerprint density at radius 1 is 1.44 bits per heavy atom. The molecule has 0 spiro atoms. The first-order valence-corrected chi connectivity index (χ1v) is 7.18. The lowest BCUT2D eigenvalue weighted by Crippen LogP contribution is -2.21. The van der Waals surface area contributed by atoms with Crippen molar-refractivity contribution in [2.45, 2.75) is 26.3 Å². The number of rotatable bonds is 2. The molecule has 0 bridgehead atoms. The quantitative estimate of drug-likeness (QED) is 0.827. The number of sulfone groups is 1. The van der Waals surface area contributed by atoms with Gasteiger partial charge in [-0.25, -0.2) is 8.42 Å². The average molecular weight is 243 g/mol. The molecule has 1 aliphatic heterocycles. The van der Waals surface area contributed by atoms with Crippen molar-refractivity contribution in [1.29, 1.82) is 0 Å². The van der Waals surface area contributed by atoms with Crippen LogP contribution in [0.4, 0.5) is 5.69 Å². The lowest BCUT2D eigenvalue weighted by molar-refractivity contribution is 0.602. The summed E-state index contributed by atoms with van der Waals surface area (Å²) in [6.45, 7) is 3.91. The van der Waals surface area contributed by atoms with Gasteiger partial charge in [-0.3, -0.25) is 4.68 Å². The van der Waals surface area contributed by atoms with Crippen LogP contribution in [0, 0.1) is 13.8 Å². The van der Waals surface area contributed by atoms with E-state index in [1.807, 2.05) is 20.9 Å². The first-order chi connectivity index (χ1) is 7.39. The van der Waals surface area contributed by atoms with Gasteiger partial charge < -0.3 is 5.32 Å². The van der Waals surface area contributed by atoms with Crippen LogP contribution in [0.5, 0.6) is 0 Å². The van der Waals surface area contributed by atoms with Crippen LogP contribution >= 0.6 is 0 Å². The summed E-state index contributed by atoms with van der Waals surface area (Å²) >= 11 is 0. The Kier molecular flexibility index (Phi) is 2.69. The third-order valence-electron chi connectivity index (χ3n) is 3.09. The van der Waals surface area contributed by atoms with Crippen LogP contribution in [0.3, 0.4) is 0 Å². The summed E-state index contributed by atoms with van der Waals surface area (Å²) in [6, 6.07) is 0.0339. The van der Waals surface area contributed by atoms with Crippen molar-refractivity contribution in [2.24, 2.45) is 7.05 Å². The molecule has 0 aliphatic carbocycles. The van der Waals surface area contributed by atoms with E-state index in [-0.39, 0.29) is 11.8 Å². The highest BCUT2D eigenvalue weighted by molar-refractivity contribution is 7.91. The van der Waals surface area contributed by atoms with Crippen LogP contribution in [0.15, 0.2) is 0 Å². The maximum absolute atomic E-state index is 11.3. The molecule has 1 saturated heterocycles. The Labute approximate surface area is 95.8 Å². The van der Waals surface area contributed by atoms with Crippen LogP contribution in [-0.4, -0.2) is 35.7 Å². The summed E-state index contributed by atoms with van der Waals surface area (Å²) in [4.78, 5) is 0. The normalized spacial score (nSPS) is 23.6. The minimum atomic E-state index is -2.82. The number of hydrogen-bond donors (Lipinski definition) is 1. The van der Waals surface area contributed by atoms with Gasteiger partial charge in [0.25, 0.3) is 0 Å². The molecule has 0 radical (unpaired) electrons. The van der Waals surface area contributed by atoms with E-state index in [2.05, 4.69) is 10.4 Å². The zero-order chi connectivity index (χ0) is 11.9. The molecule has 1 aromatic rings. The van der Waals surface area contributed by atoms with Gasteiger partial charge in [0, 0.05) is 13.1 Å². The second-order valence-electron chi connectivity index (χ2n) is 4.41. The van der Waals surface area contributed by atoms with Crippen molar-refractivity contribution in [3.63, 3.8) is 0 Å². The monoisotopic (exact) mass is 243 g/mol. The van der Waals surface area contributed by atoms with Gasteiger partial charge in [0.2, 0.25) is 0 Å². The molecule has 0 aromatic carbocycles. The molecule has 6 heteroatoms. The molecule has 1 fully saturated rings. The second kappa shape index (κ2) is 3.76. The molecule has 0 saturated carbocycles. The van der Waals surface area contributed by atoms with E-state index in [0.717, 1.165) is 17.1 Å². The fourth-order valence-electron chi connectivity index (χ4n) is 2.10. The van der Waals surface area contributed by atoms with E-state index in [0.29, 0.717) is 12.2 Å². The molecule has 1 aromatic heterocycles. The minimum absolute atomic E-state index is 0.0339. The maximum Gasteiger partial charge on any atom is 0.152 e. The SMILES string of the molecule is Cc1nn(C)c(C)c1NC1CCS(=O)(=O)C1. The van der Waals surface area contributed by atoms with Gasteiger partial charge in [-0.2, -0.15) is 5.10 Å². The smallest absolute Gasteiger partial charge is 0.152 e. The number of anilines is 1. The van der Waals surface area contributed by atoms with Crippen LogP contribution in [0.1, 0.15) is 17.8 Å². The van der Waals surface area contributed by atoms with E-state index in [4.69, 9.17) is 0 Å². The first-order valence-electron chi connectivity index (χ1n) is 5.36. The minimum Gasteiger partial charge on any atom is -0.378 e. The molecule has 90 valence electrons. The van der Waals surface area contributed by atoms with Crippen LogP contribution in [0.25, 0.3) is 0 Å². The van der Waals surface area contributed by atoms with Gasteiger partial charge in [0.15, 0.2) is 9.84 Å². The van der Waals surface area contributed by atoms with Crippen LogP contribution in [0.2, 0.25) is 0 Å². The number of aromatic nitrogens is 2. The summed E-state index contributed by atoms with van der Waals surface area (Å²) in [7, 11) is -0.936. The predicted octanol–water partition coefficient (Wildman–Crippen LogP) is 0.636. The van der Waals surface area contributed by atoms with Gasteiger partial charge in [-0.1, -0.05) is 0 Å². The number of nitrogens with one attached hydrogen (secondary N) is 1. The van der Waals surface area contributed by atoms with E-state index in [1.165, 1.54) is 0 Å². The number of aryl methyl sites for hydroxylation is 2. The molecule has 2 heterocycles. The fraction of sp³-hybridized carbons (Fsp3) is 0.700. The molecule has 1 aliphatic rings. The van der Waals surface area contributed by atoms with Gasteiger partial charge in [0.05, 0.1) is 28.6 Å². The summed E-state index contributed by atoms with van der Waals surface area (Å²) < 4.78 is 24.5. The van der Waals surface area contributed by atoms with Crippen molar-refractivity contribution >= 4 is 15.5 Å². The first kappa shape index (κ1) is 11.4. The van der Waals surface area contributed by atoms with E-state index < -0.39 is 9.84 Å². The average Bonchev–Trinajstić information content (AvgIpc) is 2.62. The summed E-state index contributed by atoms with van der Waals surface area (Å²) in [5.41, 5.74) is 2.94. The van der Waals surface area contributed by atoms with E-state index in [1.54, 1.807) is 4.68 Å². The molecular weight excluding hydrogens is 226 g/mol. The van der Waals surface area contributed by atoms with Gasteiger partial charge in [0.1, 0.15) is 0 Å². The molecule has 16 heavy (non-hydrogen) atoms. The maximum atomic E-state index is 11.3. The Morgan fingerprint density at radius 3 is 2.56 bits per heavy atom. The number of hydrogen-bond acceptors (Lipinski definition) is 4. The fourth-order valence-corrected chi connectivity index (χ4v) is 3.77. The lowest BCUT2D eigenvalue weighted by Gasteiger charge is -2.12. The summed E-state index contributed by atoms with van der Waals surface area (Å²) in [6.07, 6.45) is 0.691. The van der Waals surface area contributed by atoms with Gasteiger partial charge in [-0.05, 0) is 20.3 Å². The molecular formula is C10H17N3O2S. The summed E-state index contributed by atoms with van der Waals surface area (Å²) in [5, 5.41) is 7.59. The predicted molar refractivity (Wildman–Crippen MR) is 63.4 cm³/mol.